The lowest BCUT2D eigenvalue weighted by atomic mass is 10.1. The van der Waals surface area contributed by atoms with Gasteiger partial charge >= 0.3 is 0 Å². The Morgan fingerprint density at radius 2 is 2.16 bits per heavy atom. The van der Waals surface area contributed by atoms with E-state index in [1.165, 1.54) is 0 Å². The van der Waals surface area contributed by atoms with Crippen molar-refractivity contribution in [3.63, 3.8) is 0 Å². The lowest BCUT2D eigenvalue weighted by molar-refractivity contribution is 0.233. The number of rotatable bonds is 6. The van der Waals surface area contributed by atoms with E-state index in [9.17, 15) is 0 Å². The first-order valence-corrected chi connectivity index (χ1v) is 8.40. The lowest BCUT2D eigenvalue weighted by Crippen LogP contribution is -2.28. The molecule has 25 heavy (non-hydrogen) atoms. The van der Waals surface area contributed by atoms with Crippen LogP contribution in [0.3, 0.4) is 0 Å². The fraction of sp³-hybridized carbons (Fsp3) is 0.158. The summed E-state index contributed by atoms with van der Waals surface area (Å²) in [6, 6.07) is 14.0. The molecule has 0 aliphatic carbocycles. The van der Waals surface area contributed by atoms with Gasteiger partial charge in [0, 0.05) is 37.3 Å². The van der Waals surface area contributed by atoms with Crippen molar-refractivity contribution < 1.29 is 4.74 Å². The van der Waals surface area contributed by atoms with Gasteiger partial charge in [0.25, 0.3) is 0 Å². The minimum atomic E-state index is 0.578. The number of imidazole rings is 1. The van der Waals surface area contributed by atoms with Crippen molar-refractivity contribution >= 4 is 28.7 Å². The van der Waals surface area contributed by atoms with E-state index in [1.54, 1.807) is 7.11 Å². The molecule has 128 valence electrons. The maximum atomic E-state index is 5.32. The van der Waals surface area contributed by atoms with Crippen molar-refractivity contribution in [2.45, 2.75) is 0 Å². The first-order chi connectivity index (χ1) is 12.3. The van der Waals surface area contributed by atoms with Crippen LogP contribution < -0.4 is 10.6 Å². The molecule has 2 heterocycles. The molecule has 2 N–H and O–H groups in total. The summed E-state index contributed by atoms with van der Waals surface area (Å²) in [6.45, 7) is 1.25. The highest BCUT2D eigenvalue weighted by Gasteiger charge is 2.05. The van der Waals surface area contributed by atoms with Crippen LogP contribution in [0.25, 0.3) is 16.9 Å². The second kappa shape index (κ2) is 8.41. The van der Waals surface area contributed by atoms with Crippen LogP contribution >= 0.6 is 12.2 Å². The van der Waals surface area contributed by atoms with E-state index in [4.69, 9.17) is 17.0 Å². The van der Waals surface area contributed by atoms with Crippen LogP contribution in [0.15, 0.2) is 67.0 Å². The highest BCUT2D eigenvalue weighted by molar-refractivity contribution is 7.80. The molecule has 0 amide bonds. The molecule has 0 unspecified atom stereocenters. The molecule has 0 aliphatic heterocycles. The number of anilines is 1. The predicted octanol–water partition coefficient (Wildman–Crippen LogP) is 3.49. The zero-order valence-corrected chi connectivity index (χ0v) is 14.8. The van der Waals surface area contributed by atoms with E-state index in [-0.39, 0.29) is 0 Å². The molecule has 6 heteroatoms. The van der Waals surface area contributed by atoms with Gasteiger partial charge in [0.15, 0.2) is 5.11 Å². The largest absolute Gasteiger partial charge is 0.381 e. The number of nitrogens with zero attached hydrogens (tertiary/aromatic N) is 2. The number of ether oxygens (including phenoxy) is 1. The summed E-state index contributed by atoms with van der Waals surface area (Å²) in [4.78, 5) is 4.65. The van der Waals surface area contributed by atoms with E-state index in [1.807, 2.05) is 71.4 Å². The Hall–Kier alpha value is -2.70. The SMILES string of the molecule is COC/C=C/CNC(=S)Nc1cccc(-c2cn3ccccc3n2)c1. The van der Waals surface area contributed by atoms with Crippen molar-refractivity contribution in [2.24, 2.45) is 0 Å². The van der Waals surface area contributed by atoms with Gasteiger partial charge in [0.1, 0.15) is 5.65 Å². The molecule has 0 atom stereocenters. The quantitative estimate of drug-likeness (QED) is 0.525. The number of aromatic nitrogens is 2. The Morgan fingerprint density at radius 1 is 1.24 bits per heavy atom. The minimum Gasteiger partial charge on any atom is -0.381 e. The van der Waals surface area contributed by atoms with Crippen molar-refractivity contribution in [2.75, 3.05) is 25.6 Å². The van der Waals surface area contributed by atoms with Crippen LogP contribution in [0.4, 0.5) is 5.69 Å². The first kappa shape index (κ1) is 17.1. The Balaban J connectivity index is 1.66. The number of pyridine rings is 1. The molecular formula is C19H20N4OS. The van der Waals surface area contributed by atoms with Crippen molar-refractivity contribution in [3.05, 3.63) is 67.0 Å². The summed E-state index contributed by atoms with van der Waals surface area (Å²) < 4.78 is 6.96. The fourth-order valence-corrected chi connectivity index (χ4v) is 2.61. The molecule has 0 fully saturated rings. The zero-order valence-electron chi connectivity index (χ0n) is 14.0. The maximum Gasteiger partial charge on any atom is 0.171 e. The van der Waals surface area contributed by atoms with E-state index >= 15 is 0 Å². The number of thiocarbonyl (C=S) groups is 1. The Kier molecular flexibility index (Phi) is 5.77. The second-order valence-corrected chi connectivity index (χ2v) is 5.84. The molecule has 0 aliphatic rings. The molecular weight excluding hydrogens is 332 g/mol. The molecule has 0 spiro atoms. The topological polar surface area (TPSA) is 50.6 Å². The van der Waals surface area contributed by atoms with Crippen molar-refractivity contribution in [3.8, 4) is 11.3 Å². The number of benzene rings is 1. The number of methoxy groups -OCH3 is 1. The molecule has 1 aromatic carbocycles. The second-order valence-electron chi connectivity index (χ2n) is 5.43. The highest BCUT2D eigenvalue weighted by Crippen LogP contribution is 2.22. The lowest BCUT2D eigenvalue weighted by Gasteiger charge is -2.09. The fourth-order valence-electron chi connectivity index (χ4n) is 2.40. The van der Waals surface area contributed by atoms with Crippen LogP contribution in [0, 0.1) is 0 Å². The zero-order chi connectivity index (χ0) is 17.5. The van der Waals surface area contributed by atoms with Gasteiger partial charge in [-0.1, -0.05) is 30.4 Å². The number of fused-ring (bicyclic) bond motifs is 1. The molecule has 0 saturated carbocycles. The standard InChI is InChI=1S/C19H20N4OS/c1-24-12-5-3-10-20-19(25)21-16-8-6-7-15(13-16)17-14-23-11-4-2-9-18(23)22-17/h2-9,11,13-14H,10,12H2,1H3,(H2,20,21,25)/b5-3+. The average Bonchev–Trinajstić information content (AvgIpc) is 3.06. The predicted molar refractivity (Wildman–Crippen MR) is 106 cm³/mol. The van der Waals surface area contributed by atoms with E-state index in [2.05, 4.69) is 15.6 Å². The van der Waals surface area contributed by atoms with Gasteiger partial charge < -0.3 is 19.8 Å². The van der Waals surface area contributed by atoms with Crippen molar-refractivity contribution in [1.82, 2.24) is 14.7 Å². The van der Waals surface area contributed by atoms with Gasteiger partial charge in [-0.2, -0.15) is 0 Å². The monoisotopic (exact) mass is 352 g/mol. The summed E-state index contributed by atoms with van der Waals surface area (Å²) in [5.41, 5.74) is 3.82. The smallest absolute Gasteiger partial charge is 0.171 e. The molecule has 0 radical (unpaired) electrons. The molecule has 0 saturated heterocycles. The first-order valence-electron chi connectivity index (χ1n) is 7.99. The minimum absolute atomic E-state index is 0.578. The molecule has 2 aromatic heterocycles. The van der Waals surface area contributed by atoms with E-state index in [0.717, 1.165) is 22.6 Å². The molecule has 3 rings (SSSR count). The van der Waals surface area contributed by atoms with E-state index < -0.39 is 0 Å². The van der Waals surface area contributed by atoms with Crippen LogP contribution in [-0.2, 0) is 4.74 Å². The number of hydrogen-bond acceptors (Lipinski definition) is 3. The third kappa shape index (κ3) is 4.65. The molecule has 3 aromatic rings. The van der Waals surface area contributed by atoms with Crippen LogP contribution in [0.2, 0.25) is 0 Å². The third-order valence-electron chi connectivity index (χ3n) is 3.59. The highest BCUT2D eigenvalue weighted by atomic mass is 32.1. The summed E-state index contributed by atoms with van der Waals surface area (Å²) in [5, 5.41) is 6.90. The van der Waals surface area contributed by atoms with Gasteiger partial charge in [0.2, 0.25) is 0 Å². The van der Waals surface area contributed by atoms with Crippen molar-refractivity contribution in [1.29, 1.82) is 0 Å². The maximum absolute atomic E-state index is 5.32. The summed E-state index contributed by atoms with van der Waals surface area (Å²) in [7, 11) is 1.67. The summed E-state index contributed by atoms with van der Waals surface area (Å²) in [5.74, 6) is 0. The van der Waals surface area contributed by atoms with Crippen LogP contribution in [0.5, 0.6) is 0 Å². The van der Waals surface area contributed by atoms with Crippen LogP contribution in [-0.4, -0.2) is 34.8 Å². The summed E-state index contributed by atoms with van der Waals surface area (Å²) >= 11 is 5.32. The Labute approximate surface area is 152 Å². The van der Waals surface area contributed by atoms with E-state index in [0.29, 0.717) is 18.3 Å². The van der Waals surface area contributed by atoms with Gasteiger partial charge in [-0.3, -0.25) is 0 Å². The average molecular weight is 352 g/mol. The number of hydrogen-bond donors (Lipinski definition) is 2. The van der Waals surface area contributed by atoms with Gasteiger partial charge in [-0.25, -0.2) is 4.98 Å². The Morgan fingerprint density at radius 3 is 3.00 bits per heavy atom. The van der Waals surface area contributed by atoms with Gasteiger partial charge in [0.05, 0.1) is 12.3 Å². The summed E-state index contributed by atoms with van der Waals surface area (Å²) in [6.07, 6.45) is 7.93. The van der Waals surface area contributed by atoms with Crippen LogP contribution in [0.1, 0.15) is 0 Å². The van der Waals surface area contributed by atoms with Gasteiger partial charge in [-0.15, -0.1) is 0 Å². The Bertz CT molecular complexity index is 855. The number of nitrogens with one attached hydrogen (secondary N) is 2. The third-order valence-corrected chi connectivity index (χ3v) is 3.84. The molecule has 5 nitrogen and oxygen atoms in total. The molecule has 0 bridgehead atoms. The van der Waals surface area contributed by atoms with Gasteiger partial charge in [-0.05, 0) is 36.5 Å². The normalized spacial score (nSPS) is 11.1.